The van der Waals surface area contributed by atoms with Crippen LogP contribution in [0.2, 0.25) is 0 Å². The number of hydrogen-bond acceptors (Lipinski definition) is 3. The number of guanidine groups is 1. The molecule has 0 amide bonds. The number of aliphatic imine (C=N–C) groups is 1. The fourth-order valence-corrected chi connectivity index (χ4v) is 2.23. The fourth-order valence-electron chi connectivity index (χ4n) is 2.23. The van der Waals surface area contributed by atoms with Crippen LogP contribution in [0.25, 0.3) is 0 Å². The van der Waals surface area contributed by atoms with Crippen LogP contribution in [0.4, 0.5) is 0 Å². The van der Waals surface area contributed by atoms with Crippen LogP contribution in [0.1, 0.15) is 19.8 Å². The second-order valence-electron chi connectivity index (χ2n) is 4.30. The van der Waals surface area contributed by atoms with Crippen molar-refractivity contribution in [1.82, 2.24) is 9.80 Å². The van der Waals surface area contributed by atoms with Gasteiger partial charge < -0.3 is 9.80 Å². The number of hydrogen-bond donors (Lipinski definition) is 0. The van der Waals surface area contributed by atoms with E-state index in [-0.39, 0.29) is 0 Å². The predicted octanol–water partition coefficient (Wildman–Crippen LogP) is 1.02. The lowest BCUT2D eigenvalue weighted by molar-refractivity contribution is 0.252. The van der Waals surface area contributed by atoms with Gasteiger partial charge in [0.15, 0.2) is 5.96 Å². The van der Waals surface area contributed by atoms with E-state index in [0.29, 0.717) is 0 Å². The van der Waals surface area contributed by atoms with E-state index in [1.54, 1.807) is 0 Å². The molecule has 0 radical (unpaired) electrons. The minimum Gasteiger partial charge on any atom is -0.344 e. The van der Waals surface area contributed by atoms with Crippen molar-refractivity contribution < 1.29 is 0 Å². The van der Waals surface area contributed by atoms with Gasteiger partial charge in [0.2, 0.25) is 0 Å². The summed E-state index contributed by atoms with van der Waals surface area (Å²) in [5.74, 6) is 2.07. The van der Waals surface area contributed by atoms with E-state index >= 15 is 0 Å². The molecule has 3 nitrogen and oxygen atoms in total. The molecule has 2 heterocycles. The van der Waals surface area contributed by atoms with Gasteiger partial charge in [-0.05, 0) is 18.8 Å². The molecule has 0 bridgehead atoms. The Morgan fingerprint density at radius 3 is 2.85 bits per heavy atom. The molecule has 0 saturated carbocycles. The highest BCUT2D eigenvalue weighted by Gasteiger charge is 2.23. The largest absolute Gasteiger partial charge is 0.344 e. The monoisotopic (exact) mass is 181 g/mol. The Labute approximate surface area is 80.4 Å². The lowest BCUT2D eigenvalue weighted by Crippen LogP contribution is -2.44. The molecule has 1 saturated heterocycles. The molecular weight excluding hydrogens is 162 g/mol. The van der Waals surface area contributed by atoms with Gasteiger partial charge in [-0.3, -0.25) is 4.99 Å². The molecular formula is C10H19N3. The summed E-state index contributed by atoms with van der Waals surface area (Å²) in [7, 11) is 2.14. The van der Waals surface area contributed by atoms with Gasteiger partial charge >= 0.3 is 0 Å². The molecule has 2 aliphatic rings. The number of piperidine rings is 1. The van der Waals surface area contributed by atoms with Crippen molar-refractivity contribution in [1.29, 1.82) is 0 Å². The molecule has 13 heavy (non-hydrogen) atoms. The summed E-state index contributed by atoms with van der Waals surface area (Å²) in [6.07, 6.45) is 2.71. The molecule has 74 valence electrons. The van der Waals surface area contributed by atoms with Gasteiger partial charge in [0, 0.05) is 26.7 Å². The quantitative estimate of drug-likeness (QED) is 0.555. The molecule has 1 fully saturated rings. The lowest BCUT2D eigenvalue weighted by Gasteiger charge is -2.34. The average Bonchev–Trinajstić information content (AvgIpc) is 2.51. The van der Waals surface area contributed by atoms with Gasteiger partial charge in [-0.2, -0.15) is 0 Å². The van der Waals surface area contributed by atoms with Gasteiger partial charge in [0.05, 0.1) is 6.54 Å². The molecule has 0 aromatic rings. The Hall–Kier alpha value is -0.730. The van der Waals surface area contributed by atoms with Crippen LogP contribution in [0.5, 0.6) is 0 Å². The minimum absolute atomic E-state index is 0.838. The average molecular weight is 181 g/mol. The Bertz CT molecular complexity index is 212. The number of nitrogens with zero attached hydrogens (tertiary/aromatic N) is 3. The topological polar surface area (TPSA) is 18.8 Å². The Morgan fingerprint density at radius 2 is 2.23 bits per heavy atom. The van der Waals surface area contributed by atoms with Gasteiger partial charge in [0.25, 0.3) is 0 Å². The van der Waals surface area contributed by atoms with Gasteiger partial charge in [-0.1, -0.05) is 6.92 Å². The first-order valence-electron chi connectivity index (χ1n) is 5.28. The molecule has 1 atom stereocenters. The molecule has 2 rings (SSSR count). The Balaban J connectivity index is 1.99. The third-order valence-corrected chi connectivity index (χ3v) is 2.97. The SMILES string of the molecule is CC1CCCN(C2=NCCN2C)C1. The summed E-state index contributed by atoms with van der Waals surface area (Å²) in [6.45, 7) is 6.81. The van der Waals surface area contributed by atoms with Gasteiger partial charge in [-0.15, -0.1) is 0 Å². The van der Waals surface area contributed by atoms with E-state index in [4.69, 9.17) is 0 Å². The zero-order valence-electron chi connectivity index (χ0n) is 8.66. The van der Waals surface area contributed by atoms with Crippen LogP contribution >= 0.6 is 0 Å². The van der Waals surface area contributed by atoms with Crippen LogP contribution in [-0.2, 0) is 0 Å². The van der Waals surface area contributed by atoms with Crippen LogP contribution < -0.4 is 0 Å². The van der Waals surface area contributed by atoms with E-state index in [9.17, 15) is 0 Å². The van der Waals surface area contributed by atoms with E-state index in [0.717, 1.165) is 19.0 Å². The van der Waals surface area contributed by atoms with Crippen molar-refractivity contribution >= 4 is 5.96 Å². The Morgan fingerprint density at radius 1 is 1.38 bits per heavy atom. The van der Waals surface area contributed by atoms with Crippen molar-refractivity contribution in [3.05, 3.63) is 0 Å². The zero-order chi connectivity index (χ0) is 9.26. The van der Waals surface area contributed by atoms with Crippen LogP contribution in [0.15, 0.2) is 4.99 Å². The standard InChI is InChI=1S/C10H19N3/c1-9-4-3-6-13(8-9)10-11-5-7-12(10)2/h9H,3-8H2,1-2H3. The fraction of sp³-hybridized carbons (Fsp3) is 0.900. The third-order valence-electron chi connectivity index (χ3n) is 2.97. The number of likely N-dealkylation sites (N-methyl/N-ethyl adjacent to an activating group) is 1. The number of rotatable bonds is 0. The summed E-state index contributed by atoms with van der Waals surface area (Å²) < 4.78 is 0. The Kier molecular flexibility index (Phi) is 2.42. The van der Waals surface area contributed by atoms with Gasteiger partial charge in [0.1, 0.15) is 0 Å². The van der Waals surface area contributed by atoms with E-state index in [1.165, 1.54) is 31.9 Å². The van der Waals surface area contributed by atoms with E-state index in [1.807, 2.05) is 0 Å². The van der Waals surface area contributed by atoms with E-state index < -0.39 is 0 Å². The second kappa shape index (κ2) is 3.56. The molecule has 1 unspecified atom stereocenters. The number of likely N-dealkylation sites (tertiary alicyclic amines) is 1. The molecule has 0 aromatic carbocycles. The smallest absolute Gasteiger partial charge is 0.196 e. The highest BCUT2D eigenvalue weighted by atomic mass is 15.4. The van der Waals surface area contributed by atoms with Crippen molar-refractivity contribution in [3.63, 3.8) is 0 Å². The summed E-state index contributed by atoms with van der Waals surface area (Å²) in [5, 5.41) is 0. The van der Waals surface area contributed by atoms with Gasteiger partial charge in [-0.25, -0.2) is 0 Å². The van der Waals surface area contributed by atoms with Crippen LogP contribution in [0.3, 0.4) is 0 Å². The minimum atomic E-state index is 0.838. The van der Waals surface area contributed by atoms with Crippen molar-refractivity contribution in [2.24, 2.45) is 10.9 Å². The second-order valence-corrected chi connectivity index (χ2v) is 4.30. The van der Waals surface area contributed by atoms with E-state index in [2.05, 4.69) is 28.8 Å². The summed E-state index contributed by atoms with van der Waals surface area (Å²) in [4.78, 5) is 9.26. The first kappa shape index (κ1) is 8.85. The molecule has 0 spiro atoms. The molecule has 0 N–H and O–H groups in total. The first-order chi connectivity index (χ1) is 6.27. The highest BCUT2D eigenvalue weighted by molar-refractivity contribution is 5.81. The maximum absolute atomic E-state index is 4.54. The molecule has 0 aliphatic carbocycles. The first-order valence-corrected chi connectivity index (χ1v) is 5.28. The van der Waals surface area contributed by atoms with Crippen LogP contribution in [-0.4, -0.2) is 49.0 Å². The van der Waals surface area contributed by atoms with Crippen LogP contribution in [0, 0.1) is 5.92 Å². The predicted molar refractivity (Wildman–Crippen MR) is 54.9 cm³/mol. The summed E-state index contributed by atoms with van der Waals surface area (Å²) in [5.41, 5.74) is 0. The molecule has 2 aliphatic heterocycles. The molecule has 3 heteroatoms. The summed E-state index contributed by atoms with van der Waals surface area (Å²) >= 11 is 0. The third kappa shape index (κ3) is 1.79. The van der Waals surface area contributed by atoms with Crippen molar-refractivity contribution in [2.45, 2.75) is 19.8 Å². The van der Waals surface area contributed by atoms with Crippen molar-refractivity contribution in [2.75, 3.05) is 33.2 Å². The normalized spacial score (nSPS) is 29.4. The zero-order valence-corrected chi connectivity index (χ0v) is 8.66. The lowest BCUT2D eigenvalue weighted by atomic mass is 10.0. The highest BCUT2D eigenvalue weighted by Crippen LogP contribution is 2.17. The molecule has 0 aromatic heterocycles. The van der Waals surface area contributed by atoms with Crippen molar-refractivity contribution in [3.8, 4) is 0 Å². The maximum Gasteiger partial charge on any atom is 0.196 e. The summed E-state index contributed by atoms with van der Waals surface area (Å²) in [6, 6.07) is 0. The maximum atomic E-state index is 4.54.